The Morgan fingerprint density at radius 2 is 2.04 bits per heavy atom. The van der Waals surface area contributed by atoms with Gasteiger partial charge < -0.3 is 14.2 Å². The van der Waals surface area contributed by atoms with Gasteiger partial charge in [-0.15, -0.1) is 6.42 Å². The first-order chi connectivity index (χ1) is 12.1. The molecule has 2 rings (SSSR count). The van der Waals surface area contributed by atoms with Crippen LogP contribution in [-0.4, -0.2) is 19.2 Å². The normalized spacial score (nSPS) is 10.0. The highest BCUT2D eigenvalue weighted by molar-refractivity contribution is 9.10. The van der Waals surface area contributed by atoms with Crippen molar-refractivity contribution in [1.29, 1.82) is 0 Å². The summed E-state index contributed by atoms with van der Waals surface area (Å²) in [5.74, 6) is 2.03. The second-order valence-corrected chi connectivity index (χ2v) is 5.73. The molecule has 0 saturated heterocycles. The lowest BCUT2D eigenvalue weighted by atomic mass is 10.2. The molecule has 0 aromatic heterocycles. The molecule has 0 N–H and O–H groups in total. The van der Waals surface area contributed by atoms with E-state index in [9.17, 15) is 9.18 Å². The van der Waals surface area contributed by atoms with Gasteiger partial charge in [-0.3, -0.25) is 0 Å². The number of carbonyl (C=O) groups excluding carboxylic acids is 1. The Morgan fingerprint density at radius 3 is 2.72 bits per heavy atom. The first kappa shape index (κ1) is 18.8. The maximum absolute atomic E-state index is 13.7. The summed E-state index contributed by atoms with van der Waals surface area (Å²) in [6, 6.07) is 9.38. The van der Waals surface area contributed by atoms with Crippen LogP contribution < -0.4 is 9.47 Å². The number of rotatable bonds is 7. The van der Waals surface area contributed by atoms with Crippen LogP contribution in [0.25, 0.3) is 0 Å². The molecule has 6 heteroatoms. The van der Waals surface area contributed by atoms with Gasteiger partial charge in [0.05, 0.1) is 16.6 Å². The van der Waals surface area contributed by atoms with Gasteiger partial charge in [0.25, 0.3) is 0 Å². The maximum atomic E-state index is 13.7. The summed E-state index contributed by atoms with van der Waals surface area (Å²) in [7, 11) is 0. The fourth-order valence-corrected chi connectivity index (χ4v) is 2.60. The lowest BCUT2D eigenvalue weighted by molar-refractivity contribution is 0.0556. The molecule has 0 aliphatic rings. The van der Waals surface area contributed by atoms with Crippen LogP contribution >= 0.6 is 15.9 Å². The Bertz CT molecular complexity index is 798. The van der Waals surface area contributed by atoms with Gasteiger partial charge in [-0.25, -0.2) is 9.18 Å². The lowest BCUT2D eigenvalue weighted by Crippen LogP contribution is -2.08. The van der Waals surface area contributed by atoms with Crippen molar-refractivity contribution in [3.05, 3.63) is 57.8 Å². The summed E-state index contributed by atoms with van der Waals surface area (Å²) in [6.45, 7) is 2.07. The van der Waals surface area contributed by atoms with Crippen molar-refractivity contribution in [3.63, 3.8) is 0 Å². The molecule has 4 nitrogen and oxygen atoms in total. The van der Waals surface area contributed by atoms with Crippen LogP contribution in [0.1, 0.15) is 22.8 Å². The Kier molecular flexibility index (Phi) is 6.84. The second-order valence-electron chi connectivity index (χ2n) is 4.88. The van der Waals surface area contributed by atoms with Crippen molar-refractivity contribution < 1.29 is 23.4 Å². The quantitative estimate of drug-likeness (QED) is 0.506. The summed E-state index contributed by atoms with van der Waals surface area (Å²) in [6.07, 6.45) is 5.08. The Morgan fingerprint density at radius 1 is 1.28 bits per heavy atom. The monoisotopic (exact) mass is 406 g/mol. The summed E-state index contributed by atoms with van der Waals surface area (Å²) < 4.78 is 30.4. The van der Waals surface area contributed by atoms with Crippen LogP contribution in [0.2, 0.25) is 0 Å². The van der Waals surface area contributed by atoms with Gasteiger partial charge in [0.2, 0.25) is 0 Å². The molecule has 0 aliphatic heterocycles. The Hall–Kier alpha value is -2.52. The van der Waals surface area contributed by atoms with E-state index in [4.69, 9.17) is 20.6 Å². The van der Waals surface area contributed by atoms with Crippen molar-refractivity contribution in [2.45, 2.75) is 13.5 Å². The summed E-state index contributed by atoms with van der Waals surface area (Å²) in [4.78, 5) is 12.0. The van der Waals surface area contributed by atoms with Crippen molar-refractivity contribution in [2.75, 3.05) is 13.2 Å². The molecule has 0 atom stereocenters. The van der Waals surface area contributed by atoms with Crippen LogP contribution in [0, 0.1) is 18.2 Å². The van der Waals surface area contributed by atoms with Crippen molar-refractivity contribution in [1.82, 2.24) is 0 Å². The molecule has 2 aromatic rings. The minimum Gasteiger partial charge on any atom is -0.490 e. The van der Waals surface area contributed by atoms with E-state index in [0.29, 0.717) is 28.1 Å². The van der Waals surface area contributed by atoms with Crippen molar-refractivity contribution in [2.24, 2.45) is 0 Å². The van der Waals surface area contributed by atoms with E-state index in [2.05, 4.69) is 21.9 Å². The zero-order valence-electron chi connectivity index (χ0n) is 13.6. The molecule has 0 radical (unpaired) electrons. The van der Waals surface area contributed by atoms with E-state index < -0.39 is 5.97 Å². The van der Waals surface area contributed by atoms with Crippen molar-refractivity contribution >= 4 is 21.9 Å². The molecule has 0 aliphatic carbocycles. The van der Waals surface area contributed by atoms with Crippen LogP contribution in [0.3, 0.4) is 0 Å². The topological polar surface area (TPSA) is 44.8 Å². The molecule has 0 amide bonds. The molecular formula is C19H16BrFO4. The highest BCUT2D eigenvalue weighted by Gasteiger charge is 2.17. The molecule has 0 fully saturated rings. The molecule has 2 aromatic carbocycles. The first-order valence-electron chi connectivity index (χ1n) is 7.50. The van der Waals surface area contributed by atoms with Crippen LogP contribution in [-0.2, 0) is 11.3 Å². The van der Waals surface area contributed by atoms with Gasteiger partial charge in [-0.1, -0.05) is 24.1 Å². The summed E-state index contributed by atoms with van der Waals surface area (Å²) in [5.41, 5.74) is 0.679. The molecule has 0 unspecified atom stereocenters. The summed E-state index contributed by atoms with van der Waals surface area (Å²) in [5, 5.41) is 0. The zero-order valence-corrected chi connectivity index (χ0v) is 15.1. The molecule has 25 heavy (non-hydrogen) atoms. The second kappa shape index (κ2) is 9.09. The average Bonchev–Trinajstić information content (AvgIpc) is 2.60. The number of carbonyl (C=O) groups is 1. The standard InChI is InChI=1S/C19H16BrFO4/c1-3-9-24-19(22)14-10-15(20)18(17(11-14)23-4-2)25-12-13-7-5-6-8-16(13)21/h1,5-8,10-11H,4,9,12H2,2H3. The van der Waals surface area contributed by atoms with Gasteiger partial charge in [0.15, 0.2) is 18.1 Å². The fourth-order valence-electron chi connectivity index (χ4n) is 2.04. The molecule has 0 bridgehead atoms. The third-order valence-corrected chi connectivity index (χ3v) is 3.75. The fraction of sp³-hybridized carbons (Fsp3) is 0.211. The average molecular weight is 407 g/mol. The predicted molar refractivity (Wildman–Crippen MR) is 95.2 cm³/mol. The zero-order chi connectivity index (χ0) is 18.2. The highest BCUT2D eigenvalue weighted by Crippen LogP contribution is 2.37. The van der Waals surface area contributed by atoms with E-state index in [1.54, 1.807) is 25.1 Å². The number of benzene rings is 2. The predicted octanol–water partition coefficient (Wildman–Crippen LogP) is 4.36. The van der Waals surface area contributed by atoms with Crippen LogP contribution in [0.15, 0.2) is 40.9 Å². The van der Waals surface area contributed by atoms with E-state index >= 15 is 0 Å². The van der Waals surface area contributed by atoms with E-state index in [0.717, 1.165) is 0 Å². The number of ether oxygens (including phenoxy) is 3. The highest BCUT2D eigenvalue weighted by atomic mass is 79.9. The number of esters is 1. The molecule has 0 spiro atoms. The number of hydrogen-bond donors (Lipinski definition) is 0. The third-order valence-electron chi connectivity index (χ3n) is 3.16. The molecule has 0 saturated carbocycles. The van der Waals surface area contributed by atoms with Crippen LogP contribution in [0.5, 0.6) is 11.5 Å². The van der Waals surface area contributed by atoms with E-state index in [1.807, 2.05) is 0 Å². The largest absolute Gasteiger partial charge is 0.490 e. The molecule has 130 valence electrons. The molecule has 0 heterocycles. The Labute approximate surface area is 154 Å². The summed E-state index contributed by atoms with van der Waals surface area (Å²) >= 11 is 3.35. The van der Waals surface area contributed by atoms with Gasteiger partial charge in [0, 0.05) is 5.56 Å². The third kappa shape index (κ3) is 4.97. The molecular weight excluding hydrogens is 391 g/mol. The number of terminal acetylenes is 1. The van der Waals surface area contributed by atoms with Gasteiger partial charge in [-0.05, 0) is 41.1 Å². The SMILES string of the molecule is C#CCOC(=O)c1cc(Br)c(OCc2ccccc2F)c(OCC)c1. The number of hydrogen-bond acceptors (Lipinski definition) is 4. The van der Waals surface area contributed by atoms with Crippen molar-refractivity contribution in [3.8, 4) is 23.8 Å². The number of halogens is 2. The van der Waals surface area contributed by atoms with Gasteiger partial charge in [-0.2, -0.15) is 0 Å². The Balaban J connectivity index is 2.26. The van der Waals surface area contributed by atoms with E-state index in [-0.39, 0.29) is 24.6 Å². The minimum absolute atomic E-state index is 0.0201. The van der Waals surface area contributed by atoms with Gasteiger partial charge >= 0.3 is 5.97 Å². The van der Waals surface area contributed by atoms with Gasteiger partial charge in [0.1, 0.15) is 12.4 Å². The van der Waals surface area contributed by atoms with Crippen LogP contribution in [0.4, 0.5) is 4.39 Å². The first-order valence-corrected chi connectivity index (χ1v) is 8.29. The lowest BCUT2D eigenvalue weighted by Gasteiger charge is -2.15. The minimum atomic E-state index is -0.569. The smallest absolute Gasteiger partial charge is 0.339 e. The van der Waals surface area contributed by atoms with E-state index in [1.165, 1.54) is 18.2 Å². The maximum Gasteiger partial charge on any atom is 0.339 e.